The van der Waals surface area contributed by atoms with Crippen LogP contribution in [-0.4, -0.2) is 42.9 Å². The Bertz CT molecular complexity index is 1140. The van der Waals surface area contributed by atoms with Gasteiger partial charge in [-0.25, -0.2) is 13.1 Å². The Balaban J connectivity index is 1.32. The van der Waals surface area contributed by atoms with Gasteiger partial charge in [0, 0.05) is 43.4 Å². The summed E-state index contributed by atoms with van der Waals surface area (Å²) < 4.78 is 29.1. The fourth-order valence-corrected chi connectivity index (χ4v) is 4.84. The van der Waals surface area contributed by atoms with Gasteiger partial charge in [-0.2, -0.15) is 5.10 Å². The number of benzene rings is 2. The molecule has 0 unspecified atom stereocenters. The summed E-state index contributed by atoms with van der Waals surface area (Å²) in [6, 6.07) is 16.6. The summed E-state index contributed by atoms with van der Waals surface area (Å²) in [7, 11) is -3.82. The molecule has 0 bridgehead atoms. The van der Waals surface area contributed by atoms with Gasteiger partial charge in [-0.05, 0) is 61.2 Å². The van der Waals surface area contributed by atoms with E-state index in [4.69, 9.17) is 0 Å². The van der Waals surface area contributed by atoms with Crippen LogP contribution in [0.25, 0.3) is 5.69 Å². The van der Waals surface area contributed by atoms with Crippen LogP contribution in [0.3, 0.4) is 0 Å². The number of rotatable bonds is 8. The minimum absolute atomic E-state index is 0.203. The number of hydrogen-bond acceptors (Lipinski definition) is 5. The zero-order valence-electron chi connectivity index (χ0n) is 17.8. The van der Waals surface area contributed by atoms with Crippen LogP contribution in [0.4, 0.5) is 11.4 Å². The van der Waals surface area contributed by atoms with Crippen LogP contribution in [0, 0.1) is 0 Å². The number of aromatic nitrogens is 2. The molecule has 1 fully saturated rings. The van der Waals surface area contributed by atoms with Gasteiger partial charge < -0.3 is 10.2 Å². The highest BCUT2D eigenvalue weighted by Gasteiger charge is 2.17. The van der Waals surface area contributed by atoms with Gasteiger partial charge in [-0.1, -0.05) is 18.2 Å². The smallest absolute Gasteiger partial charge is 0.241 e. The highest BCUT2D eigenvalue weighted by atomic mass is 32.2. The maximum absolute atomic E-state index is 12.5. The Morgan fingerprint density at radius 1 is 0.969 bits per heavy atom. The zero-order chi connectivity index (χ0) is 22.4. The monoisotopic (exact) mass is 453 g/mol. The second kappa shape index (κ2) is 9.86. The third kappa shape index (κ3) is 5.67. The second-order valence-electron chi connectivity index (χ2n) is 7.81. The average Bonchev–Trinajstić information content (AvgIpc) is 3.33. The normalized spacial score (nSPS) is 14.2. The van der Waals surface area contributed by atoms with Crippen molar-refractivity contribution in [2.75, 3.05) is 28.5 Å². The summed E-state index contributed by atoms with van der Waals surface area (Å²) in [6.07, 6.45) is 7.09. The lowest BCUT2D eigenvalue weighted by atomic mass is 10.1. The Labute approximate surface area is 188 Å². The molecule has 0 atom stereocenters. The van der Waals surface area contributed by atoms with Crippen molar-refractivity contribution in [3.63, 3.8) is 0 Å². The van der Waals surface area contributed by atoms with Crippen LogP contribution < -0.4 is 14.9 Å². The van der Waals surface area contributed by atoms with Crippen LogP contribution in [0.1, 0.15) is 24.8 Å². The van der Waals surface area contributed by atoms with Gasteiger partial charge in [0.15, 0.2) is 0 Å². The predicted octanol–water partition coefficient (Wildman–Crippen LogP) is 2.92. The molecule has 32 heavy (non-hydrogen) atoms. The van der Waals surface area contributed by atoms with Crippen molar-refractivity contribution in [2.24, 2.45) is 0 Å². The van der Waals surface area contributed by atoms with E-state index in [-0.39, 0.29) is 6.54 Å². The molecule has 1 aliphatic rings. The molecule has 2 N–H and O–H groups in total. The fourth-order valence-electron chi connectivity index (χ4n) is 3.82. The van der Waals surface area contributed by atoms with E-state index in [1.165, 1.54) is 19.3 Å². The molecule has 1 aromatic heterocycles. The van der Waals surface area contributed by atoms with Gasteiger partial charge in [-0.3, -0.25) is 9.52 Å². The molecule has 8 nitrogen and oxygen atoms in total. The van der Waals surface area contributed by atoms with Crippen molar-refractivity contribution in [2.45, 2.75) is 25.8 Å². The molecule has 1 amide bonds. The molecule has 0 aliphatic carbocycles. The first kappa shape index (κ1) is 21.9. The Hall–Kier alpha value is -3.33. The lowest BCUT2D eigenvalue weighted by molar-refractivity contribution is -0.118. The number of nitrogens with zero attached hydrogens (tertiary/aromatic N) is 3. The molecule has 1 saturated heterocycles. The van der Waals surface area contributed by atoms with Gasteiger partial charge >= 0.3 is 0 Å². The third-order valence-corrected chi connectivity index (χ3v) is 6.59. The molecule has 9 heteroatoms. The molecule has 4 rings (SSSR count). The summed E-state index contributed by atoms with van der Waals surface area (Å²) >= 11 is 0. The minimum Gasteiger partial charge on any atom is -0.372 e. The van der Waals surface area contributed by atoms with E-state index in [1.54, 1.807) is 23.0 Å². The maximum atomic E-state index is 12.5. The van der Waals surface area contributed by atoms with Gasteiger partial charge in [-0.15, -0.1) is 0 Å². The fraction of sp³-hybridized carbons (Fsp3) is 0.304. The van der Waals surface area contributed by atoms with Crippen LogP contribution in [-0.2, 0) is 21.4 Å². The predicted molar refractivity (Wildman–Crippen MR) is 125 cm³/mol. The standard InChI is InChI=1S/C23H27N5O3S/c29-23(24-17-19-7-2-3-8-22(19)28-16-6-13-25-28)18-32(30,31)26-20-9-11-21(12-10-20)27-14-4-1-5-15-27/h2-3,6-13,16,26H,1,4-5,14-15,17-18H2,(H,24,29). The molecule has 168 valence electrons. The lowest BCUT2D eigenvalue weighted by Crippen LogP contribution is -2.32. The molecule has 2 aromatic carbocycles. The number of anilines is 2. The SMILES string of the molecule is O=C(CS(=O)(=O)Nc1ccc(N2CCCCC2)cc1)NCc1ccccc1-n1cccn1. The van der Waals surface area contributed by atoms with Crippen molar-refractivity contribution < 1.29 is 13.2 Å². The van der Waals surface area contributed by atoms with Crippen molar-refractivity contribution >= 4 is 27.3 Å². The number of carbonyl (C=O) groups excluding carboxylic acids is 1. The van der Waals surface area contributed by atoms with Crippen molar-refractivity contribution in [1.82, 2.24) is 15.1 Å². The average molecular weight is 454 g/mol. The number of nitrogens with one attached hydrogen (secondary N) is 2. The van der Waals surface area contributed by atoms with Crippen molar-refractivity contribution in [3.05, 3.63) is 72.6 Å². The first-order valence-electron chi connectivity index (χ1n) is 10.7. The molecule has 1 aliphatic heterocycles. The highest BCUT2D eigenvalue weighted by molar-refractivity contribution is 7.93. The largest absolute Gasteiger partial charge is 0.372 e. The van der Waals surface area contributed by atoms with Gasteiger partial charge in [0.1, 0.15) is 5.75 Å². The van der Waals surface area contributed by atoms with Gasteiger partial charge in [0.25, 0.3) is 0 Å². The maximum Gasteiger partial charge on any atom is 0.241 e. The first-order chi connectivity index (χ1) is 15.5. The molecule has 0 radical (unpaired) electrons. The van der Waals surface area contributed by atoms with Crippen LogP contribution in [0.2, 0.25) is 0 Å². The summed E-state index contributed by atoms with van der Waals surface area (Å²) in [5.74, 6) is -1.22. The zero-order valence-corrected chi connectivity index (χ0v) is 18.6. The summed E-state index contributed by atoms with van der Waals surface area (Å²) in [6.45, 7) is 2.25. The van der Waals surface area contributed by atoms with E-state index in [0.29, 0.717) is 5.69 Å². The molecular weight excluding hydrogens is 426 g/mol. The first-order valence-corrected chi connectivity index (χ1v) is 12.4. The molecule has 3 aromatic rings. The van der Waals surface area contributed by atoms with E-state index in [1.807, 2.05) is 48.7 Å². The van der Waals surface area contributed by atoms with Crippen LogP contribution in [0.5, 0.6) is 0 Å². The van der Waals surface area contributed by atoms with E-state index in [2.05, 4.69) is 20.0 Å². The quantitative estimate of drug-likeness (QED) is 0.547. The van der Waals surface area contributed by atoms with Gasteiger partial charge in [0.05, 0.1) is 5.69 Å². The number of para-hydroxylation sites is 1. The minimum atomic E-state index is -3.82. The van der Waals surface area contributed by atoms with Crippen LogP contribution >= 0.6 is 0 Å². The van der Waals surface area contributed by atoms with Crippen LogP contribution in [0.15, 0.2) is 67.0 Å². The molecule has 0 spiro atoms. The number of hydrogen-bond donors (Lipinski definition) is 2. The number of carbonyl (C=O) groups is 1. The number of sulfonamides is 1. The number of piperidine rings is 1. The Morgan fingerprint density at radius 2 is 1.72 bits per heavy atom. The highest BCUT2D eigenvalue weighted by Crippen LogP contribution is 2.22. The Kier molecular flexibility index (Phi) is 6.75. The topological polar surface area (TPSA) is 96.3 Å². The van der Waals surface area contributed by atoms with E-state index >= 15 is 0 Å². The van der Waals surface area contributed by atoms with Crippen molar-refractivity contribution in [1.29, 1.82) is 0 Å². The summed E-state index contributed by atoms with van der Waals surface area (Å²) in [5, 5.41) is 6.90. The molecule has 0 saturated carbocycles. The molecule has 2 heterocycles. The van der Waals surface area contributed by atoms with E-state index < -0.39 is 21.7 Å². The summed E-state index contributed by atoms with van der Waals surface area (Å²) in [4.78, 5) is 14.6. The van der Waals surface area contributed by atoms with Gasteiger partial charge in [0.2, 0.25) is 15.9 Å². The molecular formula is C23H27N5O3S. The van der Waals surface area contributed by atoms with Crippen molar-refractivity contribution in [3.8, 4) is 5.69 Å². The van der Waals surface area contributed by atoms with E-state index in [0.717, 1.165) is 30.0 Å². The third-order valence-electron chi connectivity index (χ3n) is 5.40. The second-order valence-corrected chi connectivity index (χ2v) is 9.53. The number of amides is 1. The summed E-state index contributed by atoms with van der Waals surface area (Å²) in [5.41, 5.74) is 3.19. The lowest BCUT2D eigenvalue weighted by Gasteiger charge is -2.28. The Morgan fingerprint density at radius 3 is 2.44 bits per heavy atom. The van der Waals surface area contributed by atoms with E-state index in [9.17, 15) is 13.2 Å².